The first kappa shape index (κ1) is 18.8. The highest BCUT2D eigenvalue weighted by Gasteiger charge is 2.30. The number of hydrogen-bond acceptors (Lipinski definition) is 6. The smallest absolute Gasteiger partial charge is 0.269 e. The molecule has 0 aromatic heterocycles. The van der Waals surface area contributed by atoms with Crippen molar-refractivity contribution in [3.63, 3.8) is 0 Å². The van der Waals surface area contributed by atoms with E-state index in [1.54, 1.807) is 20.8 Å². The van der Waals surface area contributed by atoms with E-state index < -0.39 is 17.5 Å². The molecule has 0 bridgehead atoms. The van der Waals surface area contributed by atoms with E-state index in [1.807, 2.05) is 13.8 Å². The van der Waals surface area contributed by atoms with E-state index in [-0.39, 0.29) is 17.4 Å². The number of amides is 2. The van der Waals surface area contributed by atoms with Crippen molar-refractivity contribution < 1.29 is 29.2 Å². The quantitative estimate of drug-likeness (QED) is 0.447. The van der Waals surface area contributed by atoms with E-state index in [4.69, 9.17) is 4.89 Å². The van der Waals surface area contributed by atoms with Crippen LogP contribution in [-0.4, -0.2) is 23.4 Å². The molecule has 0 aliphatic carbocycles. The minimum atomic E-state index is -0.750. The summed E-state index contributed by atoms with van der Waals surface area (Å²) >= 11 is 0. The first-order chi connectivity index (χ1) is 11.6. The van der Waals surface area contributed by atoms with Gasteiger partial charge in [-0.25, -0.2) is 9.69 Å². The lowest BCUT2D eigenvalue weighted by atomic mass is 9.95. The Bertz CT molecular complexity index is 718. The van der Waals surface area contributed by atoms with Gasteiger partial charge in [0.1, 0.15) is 5.60 Å². The van der Waals surface area contributed by atoms with Gasteiger partial charge in [-0.3, -0.25) is 14.5 Å². The van der Waals surface area contributed by atoms with Gasteiger partial charge in [0, 0.05) is 11.6 Å². The molecular weight excluding hydrogens is 326 g/mol. The molecule has 7 heteroatoms. The Morgan fingerprint density at radius 2 is 1.72 bits per heavy atom. The van der Waals surface area contributed by atoms with Crippen LogP contribution < -0.4 is 4.90 Å². The maximum absolute atomic E-state index is 11.9. The van der Waals surface area contributed by atoms with Gasteiger partial charge in [0.2, 0.25) is 0 Å². The molecule has 25 heavy (non-hydrogen) atoms. The van der Waals surface area contributed by atoms with Gasteiger partial charge >= 0.3 is 5.97 Å². The summed E-state index contributed by atoms with van der Waals surface area (Å²) in [5, 5.41) is 4.58. The lowest BCUT2D eigenvalue weighted by Gasteiger charge is -2.25. The van der Waals surface area contributed by atoms with Crippen LogP contribution in [-0.2, 0) is 24.4 Å². The standard InChI is InChI=1S/C18H21NO6/c1-11(2)18(4,5)24-25-23-17(22)13-6-8-14(9-7-13)19-15(20)10-12(3)16(19)21/h6-11H,1-5H3. The Labute approximate surface area is 146 Å². The molecule has 0 N–H and O–H groups in total. The first-order valence-electron chi connectivity index (χ1n) is 7.87. The largest absolute Gasteiger partial charge is 0.376 e. The van der Waals surface area contributed by atoms with Crippen molar-refractivity contribution in [1.82, 2.24) is 0 Å². The number of rotatable bonds is 6. The van der Waals surface area contributed by atoms with E-state index in [1.165, 1.54) is 30.3 Å². The fourth-order valence-electron chi connectivity index (χ4n) is 1.86. The zero-order chi connectivity index (χ0) is 18.8. The van der Waals surface area contributed by atoms with Gasteiger partial charge in [-0.1, -0.05) is 13.8 Å². The van der Waals surface area contributed by atoms with Crippen LogP contribution in [0, 0.1) is 5.92 Å². The molecule has 1 aliphatic rings. The zero-order valence-electron chi connectivity index (χ0n) is 14.9. The molecule has 0 saturated carbocycles. The maximum atomic E-state index is 11.9. The second-order valence-electron chi connectivity index (χ2n) is 6.63. The number of benzene rings is 1. The van der Waals surface area contributed by atoms with Crippen LogP contribution in [0.1, 0.15) is 45.0 Å². The lowest BCUT2D eigenvalue weighted by molar-refractivity contribution is -0.516. The number of carbonyl (C=O) groups is 3. The summed E-state index contributed by atoms with van der Waals surface area (Å²) in [6, 6.07) is 5.83. The van der Waals surface area contributed by atoms with Gasteiger partial charge in [0.05, 0.1) is 11.3 Å². The molecule has 1 aliphatic heterocycles. The maximum Gasteiger partial charge on any atom is 0.376 e. The Balaban J connectivity index is 1.97. The van der Waals surface area contributed by atoms with Crippen LogP contribution in [0.3, 0.4) is 0 Å². The predicted octanol–water partition coefficient (Wildman–Crippen LogP) is 2.96. The number of anilines is 1. The minimum Gasteiger partial charge on any atom is -0.269 e. The van der Waals surface area contributed by atoms with Crippen LogP contribution in [0.25, 0.3) is 0 Å². The highest BCUT2D eigenvalue weighted by molar-refractivity contribution is 6.30. The summed E-state index contributed by atoms with van der Waals surface area (Å²) in [5.41, 5.74) is 0.314. The highest BCUT2D eigenvalue weighted by atomic mass is 17.5. The van der Waals surface area contributed by atoms with Crippen molar-refractivity contribution in [2.75, 3.05) is 4.90 Å². The van der Waals surface area contributed by atoms with Crippen LogP contribution in [0.5, 0.6) is 0 Å². The van der Waals surface area contributed by atoms with Crippen molar-refractivity contribution in [2.45, 2.75) is 40.2 Å². The van der Waals surface area contributed by atoms with Gasteiger partial charge in [-0.05, 0) is 56.0 Å². The average Bonchev–Trinajstić information content (AvgIpc) is 2.79. The topological polar surface area (TPSA) is 82.1 Å². The molecule has 1 aromatic rings. The number of imide groups is 1. The van der Waals surface area contributed by atoms with Gasteiger partial charge in [-0.2, -0.15) is 4.89 Å². The molecule has 2 amide bonds. The molecule has 134 valence electrons. The third kappa shape index (κ3) is 4.12. The number of nitrogens with zero attached hydrogens (tertiary/aromatic N) is 1. The third-order valence-corrected chi connectivity index (χ3v) is 4.21. The molecule has 7 nitrogen and oxygen atoms in total. The fourth-order valence-corrected chi connectivity index (χ4v) is 1.86. The van der Waals surface area contributed by atoms with Crippen molar-refractivity contribution in [3.8, 4) is 0 Å². The van der Waals surface area contributed by atoms with Crippen LogP contribution in [0.2, 0.25) is 0 Å². The SMILES string of the molecule is CC1=CC(=O)N(c2ccc(C(=O)OOOC(C)(C)C(C)C)cc2)C1=O. The predicted molar refractivity (Wildman–Crippen MR) is 89.2 cm³/mol. The normalized spacial score (nSPS) is 15.0. The van der Waals surface area contributed by atoms with Crippen molar-refractivity contribution in [1.29, 1.82) is 0 Å². The average molecular weight is 347 g/mol. The fraction of sp³-hybridized carbons (Fsp3) is 0.389. The monoisotopic (exact) mass is 347 g/mol. The Morgan fingerprint density at radius 1 is 1.12 bits per heavy atom. The van der Waals surface area contributed by atoms with Crippen molar-refractivity contribution >= 4 is 23.5 Å². The molecule has 0 saturated heterocycles. The number of hydrogen-bond donors (Lipinski definition) is 0. The lowest BCUT2D eigenvalue weighted by Crippen LogP contribution is -2.31. The molecule has 0 radical (unpaired) electrons. The van der Waals surface area contributed by atoms with Crippen LogP contribution in [0.15, 0.2) is 35.9 Å². The minimum absolute atomic E-state index is 0.151. The van der Waals surface area contributed by atoms with Gasteiger partial charge in [0.25, 0.3) is 11.8 Å². The van der Waals surface area contributed by atoms with Gasteiger partial charge in [-0.15, -0.1) is 0 Å². The van der Waals surface area contributed by atoms with E-state index in [0.717, 1.165) is 4.90 Å². The van der Waals surface area contributed by atoms with Crippen molar-refractivity contribution in [2.24, 2.45) is 5.92 Å². The summed E-state index contributed by atoms with van der Waals surface area (Å²) in [4.78, 5) is 46.4. The molecule has 0 atom stereocenters. The van der Waals surface area contributed by atoms with E-state index >= 15 is 0 Å². The zero-order valence-corrected chi connectivity index (χ0v) is 14.9. The molecule has 2 rings (SSSR count). The third-order valence-electron chi connectivity index (χ3n) is 4.21. The molecular formula is C18H21NO6. The summed E-state index contributed by atoms with van der Waals surface area (Å²) in [6.07, 6.45) is 1.27. The van der Waals surface area contributed by atoms with E-state index in [0.29, 0.717) is 11.3 Å². The Kier molecular flexibility index (Phi) is 5.39. The Hall–Kier alpha value is -2.51. The molecule has 1 heterocycles. The van der Waals surface area contributed by atoms with E-state index in [2.05, 4.69) is 9.93 Å². The number of carbonyl (C=O) groups excluding carboxylic acids is 3. The van der Waals surface area contributed by atoms with Crippen molar-refractivity contribution in [3.05, 3.63) is 41.5 Å². The summed E-state index contributed by atoms with van der Waals surface area (Å²) in [5.74, 6) is -1.39. The highest BCUT2D eigenvalue weighted by Crippen LogP contribution is 2.23. The van der Waals surface area contributed by atoms with Gasteiger partial charge < -0.3 is 0 Å². The second kappa shape index (κ2) is 7.16. The van der Waals surface area contributed by atoms with Crippen LogP contribution in [0.4, 0.5) is 5.69 Å². The summed E-state index contributed by atoms with van der Waals surface area (Å²) in [7, 11) is 0. The summed E-state index contributed by atoms with van der Waals surface area (Å²) < 4.78 is 0. The Morgan fingerprint density at radius 3 is 2.20 bits per heavy atom. The molecule has 0 unspecified atom stereocenters. The first-order valence-corrected chi connectivity index (χ1v) is 7.87. The summed E-state index contributed by atoms with van der Waals surface area (Å²) in [6.45, 7) is 9.07. The van der Waals surface area contributed by atoms with Crippen LogP contribution >= 0.6 is 0 Å². The molecule has 0 fully saturated rings. The second-order valence-corrected chi connectivity index (χ2v) is 6.63. The molecule has 1 aromatic carbocycles. The van der Waals surface area contributed by atoms with E-state index in [9.17, 15) is 14.4 Å². The van der Waals surface area contributed by atoms with Gasteiger partial charge in [0.15, 0.2) is 0 Å². The molecule has 0 spiro atoms.